The van der Waals surface area contributed by atoms with Crippen LogP contribution in [0, 0.1) is 0 Å². The van der Waals surface area contributed by atoms with Crippen molar-refractivity contribution in [2.24, 2.45) is 0 Å². The molecule has 0 spiro atoms. The van der Waals surface area contributed by atoms with E-state index in [0.717, 1.165) is 10.3 Å². The van der Waals surface area contributed by atoms with E-state index in [4.69, 9.17) is 5.11 Å². The third kappa shape index (κ3) is 2.42. The van der Waals surface area contributed by atoms with Gasteiger partial charge < -0.3 is 15.1 Å². The van der Waals surface area contributed by atoms with Crippen LogP contribution in [0.3, 0.4) is 0 Å². The maximum Gasteiger partial charge on any atom is 0.335 e. The Morgan fingerprint density at radius 1 is 1.47 bits per heavy atom. The van der Waals surface area contributed by atoms with Crippen molar-refractivity contribution in [2.75, 3.05) is 18.0 Å². The summed E-state index contributed by atoms with van der Waals surface area (Å²) in [6, 6.07) is 3.71. The first-order chi connectivity index (χ1) is 8.03. The first-order valence-corrected chi connectivity index (χ1v) is 6.13. The normalized spacial score (nSPS) is 19.1. The lowest BCUT2D eigenvalue weighted by Gasteiger charge is -2.36. The summed E-state index contributed by atoms with van der Waals surface area (Å²) >= 11 is 3.41. The predicted molar refractivity (Wildman–Crippen MR) is 66.0 cm³/mol. The zero-order valence-corrected chi connectivity index (χ0v) is 10.7. The standard InChI is InChI=1S/C11H13BrN2O3/c12-8-2-1-5-13-9(8)14-6-3-11(17,4-7-14)10(15)16/h1-2,5,17H,3-4,6-7H2,(H,15,16). The molecule has 5 nitrogen and oxygen atoms in total. The van der Waals surface area contributed by atoms with Gasteiger partial charge in [0.2, 0.25) is 0 Å². The highest BCUT2D eigenvalue weighted by Gasteiger charge is 2.39. The molecule has 1 aromatic rings. The fourth-order valence-corrected chi connectivity index (χ4v) is 2.42. The third-order valence-electron chi connectivity index (χ3n) is 3.03. The Balaban J connectivity index is 2.10. The van der Waals surface area contributed by atoms with Crippen molar-refractivity contribution in [3.63, 3.8) is 0 Å². The topological polar surface area (TPSA) is 73.7 Å². The fraction of sp³-hybridized carbons (Fsp3) is 0.455. The Morgan fingerprint density at radius 3 is 2.65 bits per heavy atom. The molecule has 17 heavy (non-hydrogen) atoms. The second-order valence-electron chi connectivity index (χ2n) is 4.13. The number of pyridine rings is 1. The molecule has 2 N–H and O–H groups in total. The van der Waals surface area contributed by atoms with E-state index in [1.165, 1.54) is 0 Å². The number of aliphatic carboxylic acids is 1. The summed E-state index contributed by atoms with van der Waals surface area (Å²) in [6.07, 6.45) is 2.12. The number of halogens is 1. The first kappa shape index (κ1) is 12.3. The summed E-state index contributed by atoms with van der Waals surface area (Å²) in [5, 5.41) is 18.7. The second kappa shape index (κ2) is 4.62. The van der Waals surface area contributed by atoms with Crippen LogP contribution in [-0.4, -0.2) is 39.9 Å². The van der Waals surface area contributed by atoms with Crippen LogP contribution in [0.15, 0.2) is 22.8 Å². The number of nitrogens with zero attached hydrogens (tertiary/aromatic N) is 2. The van der Waals surface area contributed by atoms with Gasteiger partial charge in [0.25, 0.3) is 0 Å². The van der Waals surface area contributed by atoms with Crippen molar-refractivity contribution in [3.05, 3.63) is 22.8 Å². The van der Waals surface area contributed by atoms with Crippen LogP contribution in [0.4, 0.5) is 5.82 Å². The molecule has 1 saturated heterocycles. The minimum atomic E-state index is -1.59. The Labute approximate surface area is 107 Å². The van der Waals surface area contributed by atoms with Crippen LogP contribution < -0.4 is 4.90 Å². The molecule has 0 bridgehead atoms. The largest absolute Gasteiger partial charge is 0.479 e. The van der Waals surface area contributed by atoms with Gasteiger partial charge in [-0.3, -0.25) is 0 Å². The zero-order chi connectivity index (χ0) is 12.5. The summed E-state index contributed by atoms with van der Waals surface area (Å²) in [7, 11) is 0. The molecular formula is C11H13BrN2O3. The van der Waals surface area contributed by atoms with Crippen LogP contribution >= 0.6 is 15.9 Å². The summed E-state index contributed by atoms with van der Waals surface area (Å²) in [4.78, 5) is 17.1. The highest BCUT2D eigenvalue weighted by molar-refractivity contribution is 9.10. The lowest BCUT2D eigenvalue weighted by Crippen LogP contribution is -2.49. The highest BCUT2D eigenvalue weighted by Crippen LogP contribution is 2.29. The molecule has 2 heterocycles. The molecule has 0 aromatic carbocycles. The average molecular weight is 301 g/mol. The van der Waals surface area contributed by atoms with E-state index in [0.29, 0.717) is 13.1 Å². The summed E-state index contributed by atoms with van der Waals surface area (Å²) < 4.78 is 0.876. The Bertz CT molecular complexity index is 430. The molecule has 1 fully saturated rings. The molecule has 92 valence electrons. The number of rotatable bonds is 2. The first-order valence-electron chi connectivity index (χ1n) is 5.34. The number of aliphatic hydroxyl groups is 1. The van der Waals surface area contributed by atoms with E-state index in [1.807, 2.05) is 17.0 Å². The summed E-state index contributed by atoms with van der Waals surface area (Å²) in [5.41, 5.74) is -1.59. The molecule has 2 rings (SSSR count). The van der Waals surface area contributed by atoms with Crippen molar-refractivity contribution in [3.8, 4) is 0 Å². The monoisotopic (exact) mass is 300 g/mol. The molecular weight excluding hydrogens is 288 g/mol. The molecule has 1 aromatic heterocycles. The number of carboxylic acid groups (broad SMARTS) is 1. The van der Waals surface area contributed by atoms with Crippen LogP contribution in [0.25, 0.3) is 0 Å². The van der Waals surface area contributed by atoms with Gasteiger partial charge in [0.15, 0.2) is 5.60 Å². The predicted octanol–water partition coefficient (Wildman–Crippen LogP) is 1.26. The fourth-order valence-electron chi connectivity index (χ4n) is 1.91. The molecule has 1 aliphatic rings. The van der Waals surface area contributed by atoms with Gasteiger partial charge in [-0.1, -0.05) is 0 Å². The number of piperidine rings is 1. The lowest BCUT2D eigenvalue weighted by molar-refractivity contribution is -0.160. The molecule has 0 saturated carbocycles. The number of hydrogen-bond acceptors (Lipinski definition) is 4. The maximum absolute atomic E-state index is 10.9. The molecule has 0 unspecified atom stereocenters. The van der Waals surface area contributed by atoms with Gasteiger partial charge in [0, 0.05) is 32.1 Å². The Kier molecular flexibility index (Phi) is 3.35. The third-order valence-corrected chi connectivity index (χ3v) is 3.65. The van der Waals surface area contributed by atoms with Crippen LogP contribution in [0.2, 0.25) is 0 Å². The van der Waals surface area contributed by atoms with Crippen molar-refractivity contribution in [1.82, 2.24) is 4.98 Å². The minimum absolute atomic E-state index is 0.214. The minimum Gasteiger partial charge on any atom is -0.479 e. The van der Waals surface area contributed by atoms with Crippen molar-refractivity contribution < 1.29 is 15.0 Å². The van der Waals surface area contributed by atoms with Crippen molar-refractivity contribution in [1.29, 1.82) is 0 Å². The van der Waals surface area contributed by atoms with Gasteiger partial charge in [-0.05, 0) is 28.1 Å². The van der Waals surface area contributed by atoms with Crippen LogP contribution in [0.5, 0.6) is 0 Å². The Morgan fingerprint density at radius 2 is 2.12 bits per heavy atom. The van der Waals surface area contributed by atoms with Gasteiger partial charge >= 0.3 is 5.97 Å². The van der Waals surface area contributed by atoms with Crippen LogP contribution in [-0.2, 0) is 4.79 Å². The lowest BCUT2D eigenvalue weighted by atomic mass is 9.92. The number of carboxylic acids is 1. The van der Waals surface area contributed by atoms with Gasteiger partial charge in [0.05, 0.1) is 4.47 Å². The van der Waals surface area contributed by atoms with Crippen molar-refractivity contribution >= 4 is 27.7 Å². The quantitative estimate of drug-likeness (QED) is 0.860. The molecule has 0 radical (unpaired) electrons. The van der Waals surface area contributed by atoms with E-state index in [2.05, 4.69) is 20.9 Å². The SMILES string of the molecule is O=C(O)C1(O)CCN(c2ncccc2Br)CC1. The zero-order valence-electron chi connectivity index (χ0n) is 9.14. The van der Waals surface area contributed by atoms with Crippen LogP contribution in [0.1, 0.15) is 12.8 Å². The average Bonchev–Trinajstić information content (AvgIpc) is 2.31. The number of aromatic nitrogens is 1. The highest BCUT2D eigenvalue weighted by atomic mass is 79.9. The van der Waals surface area contributed by atoms with E-state index < -0.39 is 11.6 Å². The maximum atomic E-state index is 10.9. The smallest absolute Gasteiger partial charge is 0.335 e. The van der Waals surface area contributed by atoms with Gasteiger partial charge in [0.1, 0.15) is 5.82 Å². The number of anilines is 1. The van der Waals surface area contributed by atoms with E-state index in [9.17, 15) is 9.90 Å². The van der Waals surface area contributed by atoms with E-state index >= 15 is 0 Å². The molecule has 0 atom stereocenters. The molecule has 0 amide bonds. The summed E-state index contributed by atoms with van der Waals surface area (Å²) in [5.74, 6) is -0.350. The van der Waals surface area contributed by atoms with Gasteiger partial charge in [-0.15, -0.1) is 0 Å². The van der Waals surface area contributed by atoms with Gasteiger partial charge in [-0.25, -0.2) is 9.78 Å². The van der Waals surface area contributed by atoms with Crippen molar-refractivity contribution in [2.45, 2.75) is 18.4 Å². The number of carbonyl (C=O) groups is 1. The summed E-state index contributed by atoms with van der Waals surface area (Å²) in [6.45, 7) is 0.969. The molecule has 1 aliphatic heterocycles. The Hall–Kier alpha value is -1.14. The van der Waals surface area contributed by atoms with Gasteiger partial charge in [-0.2, -0.15) is 0 Å². The number of hydrogen-bond donors (Lipinski definition) is 2. The second-order valence-corrected chi connectivity index (χ2v) is 4.99. The van der Waals surface area contributed by atoms with E-state index in [-0.39, 0.29) is 12.8 Å². The molecule has 0 aliphatic carbocycles. The van der Waals surface area contributed by atoms with E-state index in [1.54, 1.807) is 6.20 Å². The molecule has 6 heteroatoms.